The van der Waals surface area contributed by atoms with Crippen LogP contribution in [-0.2, 0) is 17.8 Å². The zero-order valence-corrected chi connectivity index (χ0v) is 9.57. The van der Waals surface area contributed by atoms with Gasteiger partial charge in [0.1, 0.15) is 11.7 Å². The van der Waals surface area contributed by atoms with Crippen LogP contribution in [0.15, 0.2) is 0 Å². The van der Waals surface area contributed by atoms with Gasteiger partial charge in [-0.25, -0.2) is 4.98 Å². The minimum Gasteiger partial charge on any atom is -0.481 e. The predicted octanol–water partition coefficient (Wildman–Crippen LogP) is 1.000. The number of aryl methyl sites for hydroxylation is 1. The molecule has 16 heavy (non-hydrogen) atoms. The number of carboxylic acids is 1. The molecule has 0 amide bonds. The normalized spacial score (nSPS) is 16.9. The molecule has 1 unspecified atom stereocenters. The van der Waals surface area contributed by atoms with Crippen molar-refractivity contribution in [2.75, 3.05) is 6.54 Å². The Balaban J connectivity index is 2.46. The smallest absolute Gasteiger partial charge is 0.313 e. The Kier molecular flexibility index (Phi) is 3.16. The Morgan fingerprint density at radius 2 is 2.38 bits per heavy atom. The number of halogens is 1. The van der Waals surface area contributed by atoms with Crippen LogP contribution in [-0.4, -0.2) is 27.2 Å². The summed E-state index contributed by atoms with van der Waals surface area (Å²) in [6.07, 6.45) is 2.97. The zero-order valence-electron chi connectivity index (χ0n) is 8.82. The Hall–Kier alpha value is -1.07. The Labute approximate surface area is 98.2 Å². The lowest BCUT2D eigenvalue weighted by Gasteiger charge is -2.19. The van der Waals surface area contributed by atoms with Gasteiger partial charge in [-0.15, -0.1) is 0 Å². The van der Waals surface area contributed by atoms with Crippen LogP contribution in [0.1, 0.15) is 30.3 Å². The van der Waals surface area contributed by atoms with E-state index in [9.17, 15) is 4.79 Å². The second-order valence-electron chi connectivity index (χ2n) is 3.94. The number of carboxylic acid groups (broad SMARTS) is 1. The number of hydrogen-bond donors (Lipinski definition) is 2. The minimum atomic E-state index is -0.947. The van der Waals surface area contributed by atoms with E-state index in [0.29, 0.717) is 5.69 Å². The van der Waals surface area contributed by atoms with E-state index in [4.69, 9.17) is 22.4 Å². The Bertz CT molecular complexity index is 416. The molecule has 0 radical (unpaired) electrons. The molecule has 0 fully saturated rings. The molecule has 1 aromatic rings. The highest BCUT2D eigenvalue weighted by atomic mass is 35.5. The zero-order chi connectivity index (χ0) is 11.7. The lowest BCUT2D eigenvalue weighted by Crippen LogP contribution is -2.25. The van der Waals surface area contributed by atoms with E-state index in [1.54, 1.807) is 0 Å². The molecule has 1 atom stereocenters. The molecule has 6 heteroatoms. The Morgan fingerprint density at radius 3 is 3.00 bits per heavy atom. The molecule has 1 aromatic heterocycles. The average Bonchev–Trinajstić information content (AvgIpc) is 2.57. The third-order valence-electron chi connectivity index (χ3n) is 2.94. The number of imidazole rings is 1. The van der Waals surface area contributed by atoms with Crippen molar-refractivity contribution in [2.45, 2.75) is 31.7 Å². The summed E-state index contributed by atoms with van der Waals surface area (Å²) in [4.78, 5) is 15.3. The fraction of sp³-hybridized carbons (Fsp3) is 0.600. The number of aliphatic carboxylic acids is 1. The first-order valence-electron chi connectivity index (χ1n) is 5.32. The summed E-state index contributed by atoms with van der Waals surface area (Å²) in [5.74, 6) is -0.824. The molecule has 0 bridgehead atoms. The summed E-state index contributed by atoms with van der Waals surface area (Å²) in [5, 5.41) is 9.38. The molecule has 1 aliphatic rings. The number of nitrogens with zero attached hydrogens (tertiary/aromatic N) is 2. The second kappa shape index (κ2) is 4.43. The summed E-state index contributed by atoms with van der Waals surface area (Å²) < 4.78 is 1.91. The van der Waals surface area contributed by atoms with Crippen LogP contribution in [0.4, 0.5) is 0 Å². The first kappa shape index (κ1) is 11.4. The molecule has 2 heterocycles. The molecular weight excluding hydrogens is 230 g/mol. The van der Waals surface area contributed by atoms with Crippen molar-refractivity contribution >= 4 is 17.6 Å². The third kappa shape index (κ3) is 1.81. The highest BCUT2D eigenvalue weighted by Crippen LogP contribution is 2.28. The van der Waals surface area contributed by atoms with Crippen LogP contribution in [0.2, 0.25) is 5.15 Å². The fourth-order valence-electron chi connectivity index (χ4n) is 2.14. The number of nitrogens with two attached hydrogens (primary N) is 1. The number of rotatable bonds is 3. The largest absolute Gasteiger partial charge is 0.481 e. The van der Waals surface area contributed by atoms with Crippen molar-refractivity contribution in [2.24, 2.45) is 5.73 Å². The van der Waals surface area contributed by atoms with Crippen molar-refractivity contribution < 1.29 is 9.90 Å². The maximum absolute atomic E-state index is 11.1. The molecule has 0 saturated carbocycles. The van der Waals surface area contributed by atoms with E-state index in [1.165, 1.54) is 0 Å². The summed E-state index contributed by atoms with van der Waals surface area (Å²) in [7, 11) is 0. The monoisotopic (exact) mass is 243 g/mol. The van der Waals surface area contributed by atoms with Crippen LogP contribution in [0.3, 0.4) is 0 Å². The van der Waals surface area contributed by atoms with E-state index in [2.05, 4.69) is 4.98 Å². The van der Waals surface area contributed by atoms with Gasteiger partial charge in [-0.1, -0.05) is 11.6 Å². The molecule has 0 saturated heterocycles. The van der Waals surface area contributed by atoms with Crippen LogP contribution >= 0.6 is 11.6 Å². The van der Waals surface area contributed by atoms with Crippen LogP contribution in [0.5, 0.6) is 0 Å². The highest BCUT2D eigenvalue weighted by molar-refractivity contribution is 6.30. The predicted molar refractivity (Wildman–Crippen MR) is 59.6 cm³/mol. The lowest BCUT2D eigenvalue weighted by molar-refractivity contribution is -0.138. The van der Waals surface area contributed by atoms with Gasteiger partial charge in [0, 0.05) is 19.5 Å². The van der Waals surface area contributed by atoms with Crippen molar-refractivity contribution in [3.05, 3.63) is 16.7 Å². The molecule has 5 nitrogen and oxygen atoms in total. The molecule has 0 spiro atoms. The second-order valence-corrected chi connectivity index (χ2v) is 4.30. The van der Waals surface area contributed by atoms with Gasteiger partial charge in [-0.05, 0) is 12.8 Å². The molecule has 88 valence electrons. The van der Waals surface area contributed by atoms with Crippen molar-refractivity contribution in [3.63, 3.8) is 0 Å². The van der Waals surface area contributed by atoms with Gasteiger partial charge in [0.15, 0.2) is 5.15 Å². The van der Waals surface area contributed by atoms with Crippen molar-refractivity contribution in [1.29, 1.82) is 0 Å². The van der Waals surface area contributed by atoms with Gasteiger partial charge in [0.25, 0.3) is 0 Å². The van der Waals surface area contributed by atoms with Crippen LogP contribution in [0, 0.1) is 0 Å². The summed E-state index contributed by atoms with van der Waals surface area (Å²) >= 11 is 6.00. The van der Waals surface area contributed by atoms with E-state index < -0.39 is 11.9 Å². The van der Waals surface area contributed by atoms with Gasteiger partial charge in [-0.3, -0.25) is 4.79 Å². The Morgan fingerprint density at radius 1 is 1.62 bits per heavy atom. The van der Waals surface area contributed by atoms with E-state index in [0.717, 1.165) is 31.6 Å². The maximum atomic E-state index is 11.1. The summed E-state index contributed by atoms with van der Waals surface area (Å²) in [6.45, 7) is 0.828. The van der Waals surface area contributed by atoms with E-state index in [-0.39, 0.29) is 11.7 Å². The first-order valence-corrected chi connectivity index (χ1v) is 5.70. The van der Waals surface area contributed by atoms with Gasteiger partial charge in [-0.2, -0.15) is 0 Å². The molecular formula is C10H14ClN3O2. The summed E-state index contributed by atoms with van der Waals surface area (Å²) in [6, 6.07) is 0. The molecule has 1 aliphatic heterocycles. The fourth-order valence-corrected chi connectivity index (χ4v) is 2.47. The summed E-state index contributed by atoms with van der Waals surface area (Å²) in [5.41, 5.74) is 6.05. The van der Waals surface area contributed by atoms with E-state index >= 15 is 0 Å². The first-order chi connectivity index (χ1) is 7.65. The van der Waals surface area contributed by atoms with Gasteiger partial charge in [0.2, 0.25) is 0 Å². The van der Waals surface area contributed by atoms with Crippen molar-refractivity contribution in [1.82, 2.24) is 9.55 Å². The number of carbonyl (C=O) groups is 1. The quantitative estimate of drug-likeness (QED) is 0.830. The van der Waals surface area contributed by atoms with E-state index in [1.807, 2.05) is 4.57 Å². The number of hydrogen-bond acceptors (Lipinski definition) is 3. The standard InChI is InChI=1S/C10H14ClN3O2/c11-9-8(6(5-12)10(15)16)14-4-2-1-3-7(14)13-9/h6H,1-5,12H2,(H,15,16). The van der Waals surface area contributed by atoms with Crippen LogP contribution in [0.25, 0.3) is 0 Å². The van der Waals surface area contributed by atoms with Gasteiger partial charge in [0.05, 0.1) is 5.69 Å². The topological polar surface area (TPSA) is 81.1 Å². The lowest BCUT2D eigenvalue weighted by atomic mass is 10.1. The van der Waals surface area contributed by atoms with Gasteiger partial charge >= 0.3 is 5.97 Å². The number of fused-ring (bicyclic) bond motifs is 1. The molecule has 0 aromatic carbocycles. The van der Waals surface area contributed by atoms with Crippen molar-refractivity contribution in [3.8, 4) is 0 Å². The molecule has 2 rings (SSSR count). The SMILES string of the molecule is NCC(C(=O)O)c1c(Cl)nc2n1CCCC2. The molecule has 3 N–H and O–H groups in total. The van der Waals surface area contributed by atoms with Gasteiger partial charge < -0.3 is 15.4 Å². The van der Waals surface area contributed by atoms with Crippen LogP contribution < -0.4 is 5.73 Å². The third-order valence-corrected chi connectivity index (χ3v) is 3.22. The highest BCUT2D eigenvalue weighted by Gasteiger charge is 2.28. The molecule has 0 aliphatic carbocycles. The maximum Gasteiger partial charge on any atom is 0.313 e. The number of aromatic nitrogens is 2. The average molecular weight is 244 g/mol. The minimum absolute atomic E-state index is 0.0419.